The molecular formula is C13H9NO6. The first kappa shape index (κ1) is 13.3. The Kier molecular flexibility index (Phi) is 3.52. The van der Waals surface area contributed by atoms with Crippen LogP contribution < -0.4 is 10.9 Å². The number of carboxylic acids is 1. The molecule has 0 spiro atoms. The number of anilines is 1. The van der Waals surface area contributed by atoms with Gasteiger partial charge < -0.3 is 19.9 Å². The molecule has 0 saturated heterocycles. The first-order valence-corrected chi connectivity index (χ1v) is 5.44. The Morgan fingerprint density at radius 3 is 2.50 bits per heavy atom. The molecule has 0 aliphatic heterocycles. The molecule has 0 fully saturated rings. The van der Waals surface area contributed by atoms with Crippen LogP contribution in [0.2, 0.25) is 0 Å². The van der Waals surface area contributed by atoms with Crippen molar-refractivity contribution in [2.75, 3.05) is 5.32 Å². The van der Waals surface area contributed by atoms with E-state index in [2.05, 4.69) is 9.73 Å². The Labute approximate surface area is 112 Å². The number of amides is 1. The lowest BCUT2D eigenvalue weighted by Gasteiger charge is -2.08. The summed E-state index contributed by atoms with van der Waals surface area (Å²) in [7, 11) is 0. The first-order valence-electron chi connectivity index (χ1n) is 5.44. The van der Waals surface area contributed by atoms with Gasteiger partial charge in [0, 0.05) is 6.07 Å². The monoisotopic (exact) mass is 275 g/mol. The van der Waals surface area contributed by atoms with Crippen LogP contribution in [-0.2, 0) is 0 Å². The number of rotatable bonds is 3. The fourth-order valence-corrected chi connectivity index (χ4v) is 1.50. The molecule has 7 nitrogen and oxygen atoms in total. The van der Waals surface area contributed by atoms with Gasteiger partial charge in [-0.05, 0) is 18.2 Å². The number of nitrogens with one attached hydrogen (secondary N) is 1. The number of carboxylic acid groups (broad SMARTS) is 1. The lowest BCUT2D eigenvalue weighted by atomic mass is 10.1. The number of aromatic hydroxyl groups is 1. The number of carbonyl (C=O) groups excluding carboxylic acids is 1. The summed E-state index contributed by atoms with van der Waals surface area (Å²) in [6.07, 6.45) is 0.968. The van der Waals surface area contributed by atoms with Gasteiger partial charge in [-0.25, -0.2) is 9.59 Å². The third-order valence-electron chi connectivity index (χ3n) is 2.48. The van der Waals surface area contributed by atoms with E-state index in [9.17, 15) is 19.5 Å². The van der Waals surface area contributed by atoms with E-state index >= 15 is 0 Å². The summed E-state index contributed by atoms with van der Waals surface area (Å²) >= 11 is 0. The van der Waals surface area contributed by atoms with Crippen LogP contribution in [-0.4, -0.2) is 22.1 Å². The van der Waals surface area contributed by atoms with Gasteiger partial charge in [0.15, 0.2) is 5.75 Å². The molecule has 1 aromatic carbocycles. The molecule has 1 heterocycles. The molecule has 2 rings (SSSR count). The second-order valence-corrected chi connectivity index (χ2v) is 3.80. The number of hydrogen-bond donors (Lipinski definition) is 3. The highest BCUT2D eigenvalue weighted by atomic mass is 16.4. The van der Waals surface area contributed by atoms with Gasteiger partial charge in [-0.15, -0.1) is 0 Å². The SMILES string of the molecule is O=C(Nc1cccc(C(=O)O)c1O)c1ccc(=O)oc1. The van der Waals surface area contributed by atoms with Crippen LogP contribution >= 0.6 is 0 Å². The molecule has 0 saturated carbocycles. The average Bonchev–Trinajstić information content (AvgIpc) is 2.41. The number of para-hydroxylation sites is 1. The van der Waals surface area contributed by atoms with Crippen molar-refractivity contribution in [3.63, 3.8) is 0 Å². The normalized spacial score (nSPS) is 10.0. The van der Waals surface area contributed by atoms with Gasteiger partial charge in [-0.2, -0.15) is 0 Å². The van der Waals surface area contributed by atoms with Gasteiger partial charge in [0.2, 0.25) is 0 Å². The number of aromatic carboxylic acids is 1. The van der Waals surface area contributed by atoms with Crippen molar-refractivity contribution in [2.24, 2.45) is 0 Å². The molecule has 102 valence electrons. The second kappa shape index (κ2) is 5.27. The van der Waals surface area contributed by atoms with Gasteiger partial charge in [-0.1, -0.05) is 6.07 Å². The van der Waals surface area contributed by atoms with Gasteiger partial charge in [0.25, 0.3) is 5.91 Å². The maximum Gasteiger partial charge on any atom is 0.339 e. The van der Waals surface area contributed by atoms with E-state index in [4.69, 9.17) is 5.11 Å². The first-order chi connectivity index (χ1) is 9.49. The number of benzene rings is 1. The molecule has 0 bridgehead atoms. The molecule has 0 aliphatic carbocycles. The molecule has 0 radical (unpaired) electrons. The molecule has 3 N–H and O–H groups in total. The zero-order valence-electron chi connectivity index (χ0n) is 9.99. The Balaban J connectivity index is 2.28. The smallest absolute Gasteiger partial charge is 0.339 e. The van der Waals surface area contributed by atoms with Gasteiger partial charge in [0.1, 0.15) is 11.8 Å². The minimum atomic E-state index is -1.32. The molecular weight excluding hydrogens is 266 g/mol. The van der Waals surface area contributed by atoms with E-state index in [1.807, 2.05) is 0 Å². The number of carbonyl (C=O) groups is 2. The van der Waals surface area contributed by atoms with E-state index in [0.717, 1.165) is 12.3 Å². The fraction of sp³-hybridized carbons (Fsp3) is 0. The molecule has 20 heavy (non-hydrogen) atoms. The van der Waals surface area contributed by atoms with Crippen molar-refractivity contribution in [1.82, 2.24) is 0 Å². The summed E-state index contributed by atoms with van der Waals surface area (Å²) < 4.78 is 4.54. The van der Waals surface area contributed by atoms with Crippen LogP contribution in [0.5, 0.6) is 5.75 Å². The summed E-state index contributed by atoms with van der Waals surface area (Å²) in [6.45, 7) is 0. The molecule has 0 atom stereocenters. The molecule has 7 heteroatoms. The minimum Gasteiger partial charge on any atom is -0.505 e. The molecule has 0 aliphatic rings. The van der Waals surface area contributed by atoms with Gasteiger partial charge >= 0.3 is 11.6 Å². The molecule has 2 aromatic rings. The fourth-order valence-electron chi connectivity index (χ4n) is 1.50. The molecule has 1 aromatic heterocycles. The van der Waals surface area contributed by atoms with Crippen molar-refractivity contribution in [1.29, 1.82) is 0 Å². The maximum absolute atomic E-state index is 11.8. The van der Waals surface area contributed by atoms with Crippen LogP contribution in [0.4, 0.5) is 5.69 Å². The van der Waals surface area contributed by atoms with Crippen molar-refractivity contribution >= 4 is 17.6 Å². The lowest BCUT2D eigenvalue weighted by molar-refractivity contribution is 0.0693. The largest absolute Gasteiger partial charge is 0.505 e. The van der Waals surface area contributed by atoms with Crippen molar-refractivity contribution < 1.29 is 24.2 Å². The Morgan fingerprint density at radius 1 is 1.15 bits per heavy atom. The van der Waals surface area contributed by atoms with Crippen molar-refractivity contribution in [3.05, 3.63) is 58.1 Å². The van der Waals surface area contributed by atoms with E-state index in [1.165, 1.54) is 24.3 Å². The zero-order chi connectivity index (χ0) is 14.7. The third kappa shape index (κ3) is 2.66. The number of phenols is 1. The summed E-state index contributed by atoms with van der Waals surface area (Å²) in [6, 6.07) is 6.25. The summed E-state index contributed by atoms with van der Waals surface area (Å²) in [5.74, 6) is -2.51. The maximum atomic E-state index is 11.8. The molecule has 1 amide bonds. The van der Waals surface area contributed by atoms with E-state index in [0.29, 0.717) is 0 Å². The molecule has 0 unspecified atom stereocenters. The van der Waals surface area contributed by atoms with Crippen LogP contribution in [0, 0.1) is 0 Å². The predicted octanol–water partition coefficient (Wildman–Crippen LogP) is 1.30. The van der Waals surface area contributed by atoms with Gasteiger partial charge in [0.05, 0.1) is 11.3 Å². The quantitative estimate of drug-likeness (QED) is 0.727. The van der Waals surface area contributed by atoms with Crippen LogP contribution in [0.3, 0.4) is 0 Å². The minimum absolute atomic E-state index is 0.0545. The predicted molar refractivity (Wildman–Crippen MR) is 68.0 cm³/mol. The summed E-state index contributed by atoms with van der Waals surface area (Å²) in [5, 5.41) is 20.9. The third-order valence-corrected chi connectivity index (χ3v) is 2.48. The van der Waals surface area contributed by atoms with Crippen LogP contribution in [0.25, 0.3) is 0 Å². The topological polar surface area (TPSA) is 117 Å². The van der Waals surface area contributed by atoms with Gasteiger partial charge in [-0.3, -0.25) is 4.79 Å². The summed E-state index contributed by atoms with van der Waals surface area (Å²) in [5.41, 5.74) is -0.925. The van der Waals surface area contributed by atoms with Crippen molar-refractivity contribution in [2.45, 2.75) is 0 Å². The van der Waals surface area contributed by atoms with E-state index in [1.54, 1.807) is 0 Å². The van der Waals surface area contributed by atoms with E-state index in [-0.39, 0.29) is 16.8 Å². The average molecular weight is 275 g/mol. The Morgan fingerprint density at radius 2 is 1.90 bits per heavy atom. The standard InChI is InChI=1S/C13H9NO6/c15-10-5-4-7(6-20-10)12(17)14-9-3-1-2-8(11(9)16)13(18)19/h1-6,16H,(H,14,17)(H,18,19). The lowest BCUT2D eigenvalue weighted by Crippen LogP contribution is -2.13. The Hall–Kier alpha value is -3.09. The highest BCUT2D eigenvalue weighted by molar-refractivity contribution is 6.05. The Bertz CT molecular complexity index is 713. The highest BCUT2D eigenvalue weighted by Gasteiger charge is 2.15. The van der Waals surface area contributed by atoms with Crippen LogP contribution in [0.15, 0.2) is 45.8 Å². The zero-order valence-corrected chi connectivity index (χ0v) is 9.99. The van der Waals surface area contributed by atoms with E-state index < -0.39 is 23.3 Å². The highest BCUT2D eigenvalue weighted by Crippen LogP contribution is 2.27. The summed E-state index contributed by atoms with van der Waals surface area (Å²) in [4.78, 5) is 33.4. The van der Waals surface area contributed by atoms with Crippen molar-refractivity contribution in [3.8, 4) is 5.75 Å². The second-order valence-electron chi connectivity index (χ2n) is 3.80. The van der Waals surface area contributed by atoms with Crippen LogP contribution in [0.1, 0.15) is 20.7 Å². The number of hydrogen-bond acceptors (Lipinski definition) is 5.